The molecule has 30 heavy (non-hydrogen) atoms. The molecule has 0 spiro atoms. The van der Waals surface area contributed by atoms with Gasteiger partial charge in [-0.3, -0.25) is 4.79 Å². The van der Waals surface area contributed by atoms with E-state index < -0.39 is 0 Å². The Hall–Kier alpha value is -2.35. The molecule has 0 saturated heterocycles. The van der Waals surface area contributed by atoms with Crippen molar-refractivity contribution in [1.82, 2.24) is 5.43 Å². The Bertz CT molecular complexity index is 1010. The highest BCUT2D eigenvalue weighted by Crippen LogP contribution is 2.35. The van der Waals surface area contributed by atoms with Gasteiger partial charge in [-0.05, 0) is 79.4 Å². The lowest BCUT2D eigenvalue weighted by atomic mass is 10.2. The first-order chi connectivity index (χ1) is 14.5. The van der Waals surface area contributed by atoms with Crippen molar-refractivity contribution in [2.45, 2.75) is 6.61 Å². The Kier molecular flexibility index (Phi) is 8.30. The summed E-state index contributed by atoms with van der Waals surface area (Å²) in [6.45, 7) is 0.540. The maximum absolute atomic E-state index is 11.9. The molecule has 0 unspecified atom stereocenters. The van der Waals surface area contributed by atoms with Gasteiger partial charge in [0.2, 0.25) is 0 Å². The van der Waals surface area contributed by atoms with Gasteiger partial charge in [0.15, 0.2) is 0 Å². The zero-order chi connectivity index (χ0) is 21.3. The van der Waals surface area contributed by atoms with Crippen LogP contribution in [-0.2, 0) is 11.4 Å². The van der Waals surface area contributed by atoms with Gasteiger partial charge in [-0.1, -0.05) is 41.9 Å². The zero-order valence-electron chi connectivity index (χ0n) is 15.7. The Labute approximate surface area is 196 Å². The second-order valence-electron chi connectivity index (χ2n) is 6.24. The van der Waals surface area contributed by atoms with E-state index in [0.29, 0.717) is 17.4 Å². The molecular formula is C22H18Br2ClN3O2. The number of rotatable bonds is 8. The monoisotopic (exact) mass is 549 g/mol. The van der Waals surface area contributed by atoms with E-state index in [-0.39, 0.29) is 12.5 Å². The van der Waals surface area contributed by atoms with Crippen molar-refractivity contribution in [3.05, 3.63) is 91.8 Å². The smallest absolute Gasteiger partial charge is 0.259 e. The third-order valence-corrected chi connectivity index (χ3v) is 5.38. The van der Waals surface area contributed by atoms with Crippen LogP contribution in [0.5, 0.6) is 5.75 Å². The van der Waals surface area contributed by atoms with Gasteiger partial charge in [0.05, 0.1) is 21.7 Å². The average molecular weight is 552 g/mol. The Balaban J connectivity index is 1.53. The van der Waals surface area contributed by atoms with Crippen LogP contribution in [0.15, 0.2) is 80.8 Å². The number of carbonyl (C=O) groups is 1. The van der Waals surface area contributed by atoms with Gasteiger partial charge in [-0.2, -0.15) is 5.10 Å². The molecule has 0 aromatic heterocycles. The van der Waals surface area contributed by atoms with Crippen LogP contribution in [0.1, 0.15) is 11.1 Å². The minimum atomic E-state index is -0.240. The summed E-state index contributed by atoms with van der Waals surface area (Å²) >= 11 is 12.9. The van der Waals surface area contributed by atoms with E-state index in [9.17, 15) is 4.79 Å². The number of amides is 1. The molecule has 1 amide bonds. The van der Waals surface area contributed by atoms with E-state index in [1.54, 1.807) is 6.21 Å². The van der Waals surface area contributed by atoms with E-state index in [0.717, 1.165) is 25.8 Å². The number of ether oxygens (including phenoxy) is 1. The first-order valence-electron chi connectivity index (χ1n) is 8.98. The molecule has 8 heteroatoms. The number of hydrogen-bond acceptors (Lipinski definition) is 4. The summed E-state index contributed by atoms with van der Waals surface area (Å²) in [7, 11) is 0. The molecule has 0 aliphatic heterocycles. The van der Waals surface area contributed by atoms with E-state index in [4.69, 9.17) is 16.3 Å². The van der Waals surface area contributed by atoms with Gasteiger partial charge >= 0.3 is 0 Å². The summed E-state index contributed by atoms with van der Waals surface area (Å²) in [5.74, 6) is 0.439. The highest BCUT2D eigenvalue weighted by atomic mass is 79.9. The predicted octanol–water partition coefficient (Wildman–Crippen LogP) is 6.01. The first-order valence-corrected chi connectivity index (χ1v) is 10.9. The van der Waals surface area contributed by atoms with Crippen LogP contribution in [0.3, 0.4) is 0 Å². The second kappa shape index (κ2) is 11.2. The summed E-state index contributed by atoms with van der Waals surface area (Å²) in [6.07, 6.45) is 1.57. The molecule has 0 atom stereocenters. The quantitative estimate of drug-likeness (QED) is 0.266. The Morgan fingerprint density at radius 1 is 1.03 bits per heavy atom. The second-order valence-corrected chi connectivity index (χ2v) is 8.39. The van der Waals surface area contributed by atoms with Crippen molar-refractivity contribution >= 4 is 61.3 Å². The number of para-hydroxylation sites is 1. The lowest BCUT2D eigenvalue weighted by molar-refractivity contribution is -0.119. The first kappa shape index (κ1) is 22.3. The van der Waals surface area contributed by atoms with Crippen molar-refractivity contribution in [3.63, 3.8) is 0 Å². The number of hydrazone groups is 1. The third-order valence-electron chi connectivity index (χ3n) is 3.95. The van der Waals surface area contributed by atoms with Crippen molar-refractivity contribution in [1.29, 1.82) is 0 Å². The molecule has 0 aliphatic carbocycles. The third kappa shape index (κ3) is 6.86. The van der Waals surface area contributed by atoms with Gasteiger partial charge in [-0.25, -0.2) is 5.43 Å². The molecule has 0 radical (unpaired) electrons. The number of benzene rings is 3. The van der Waals surface area contributed by atoms with Crippen LogP contribution in [0.2, 0.25) is 5.02 Å². The standard InChI is InChI=1S/C22H18Br2ClN3O2/c23-19-10-16(12-27-28-21(29)13-26-18-4-2-1-3-5-18)11-20(24)22(19)30-14-15-6-8-17(25)9-7-15/h1-12,26H,13-14H2,(H,28,29)/b27-12-. The minimum Gasteiger partial charge on any atom is -0.487 e. The van der Waals surface area contributed by atoms with E-state index in [2.05, 4.69) is 47.7 Å². The van der Waals surface area contributed by atoms with E-state index in [1.165, 1.54) is 0 Å². The van der Waals surface area contributed by atoms with Crippen molar-refractivity contribution in [2.75, 3.05) is 11.9 Å². The van der Waals surface area contributed by atoms with Gasteiger partial charge in [0.25, 0.3) is 5.91 Å². The summed E-state index contributed by atoms with van der Waals surface area (Å²) in [4.78, 5) is 11.9. The van der Waals surface area contributed by atoms with Gasteiger partial charge in [0, 0.05) is 10.7 Å². The lowest BCUT2D eigenvalue weighted by Crippen LogP contribution is -2.25. The predicted molar refractivity (Wildman–Crippen MR) is 128 cm³/mol. The van der Waals surface area contributed by atoms with Crippen LogP contribution in [0.4, 0.5) is 5.69 Å². The highest BCUT2D eigenvalue weighted by molar-refractivity contribution is 9.11. The molecule has 0 aliphatic rings. The van der Waals surface area contributed by atoms with E-state index >= 15 is 0 Å². The molecule has 154 valence electrons. The van der Waals surface area contributed by atoms with Crippen molar-refractivity contribution in [2.24, 2.45) is 5.10 Å². The SMILES string of the molecule is O=C(CNc1ccccc1)N/N=C\c1cc(Br)c(OCc2ccc(Cl)cc2)c(Br)c1. The summed E-state index contributed by atoms with van der Waals surface area (Å²) in [6, 6.07) is 20.7. The van der Waals surface area contributed by atoms with Gasteiger partial charge < -0.3 is 10.1 Å². The average Bonchev–Trinajstić information content (AvgIpc) is 2.74. The fourth-order valence-corrected chi connectivity index (χ4v) is 4.06. The van der Waals surface area contributed by atoms with Gasteiger partial charge in [-0.15, -0.1) is 0 Å². The van der Waals surface area contributed by atoms with Gasteiger partial charge in [0.1, 0.15) is 12.4 Å². The molecule has 3 aromatic rings. The molecule has 5 nitrogen and oxygen atoms in total. The molecule has 0 fully saturated rings. The lowest BCUT2D eigenvalue weighted by Gasteiger charge is -2.11. The summed E-state index contributed by atoms with van der Waals surface area (Å²) in [5, 5.41) is 7.72. The Morgan fingerprint density at radius 3 is 2.37 bits per heavy atom. The Morgan fingerprint density at radius 2 is 1.70 bits per heavy atom. The van der Waals surface area contributed by atoms with Crippen LogP contribution < -0.4 is 15.5 Å². The maximum atomic E-state index is 11.9. The largest absolute Gasteiger partial charge is 0.487 e. The fourth-order valence-electron chi connectivity index (χ4n) is 2.48. The maximum Gasteiger partial charge on any atom is 0.259 e. The number of hydrogen-bond donors (Lipinski definition) is 2. The number of nitrogens with one attached hydrogen (secondary N) is 2. The highest BCUT2D eigenvalue weighted by Gasteiger charge is 2.09. The molecule has 0 heterocycles. The van der Waals surface area contributed by atoms with Crippen LogP contribution in [0, 0.1) is 0 Å². The van der Waals surface area contributed by atoms with Crippen molar-refractivity contribution < 1.29 is 9.53 Å². The molecule has 2 N–H and O–H groups in total. The zero-order valence-corrected chi connectivity index (χ0v) is 19.7. The fraction of sp³-hybridized carbons (Fsp3) is 0.0909. The topological polar surface area (TPSA) is 62.7 Å². The number of carbonyl (C=O) groups excluding carboxylic acids is 1. The number of anilines is 1. The molecule has 0 saturated carbocycles. The van der Waals surface area contributed by atoms with Crippen LogP contribution >= 0.6 is 43.5 Å². The summed E-state index contributed by atoms with van der Waals surface area (Å²) < 4.78 is 7.44. The minimum absolute atomic E-state index is 0.131. The van der Waals surface area contributed by atoms with E-state index in [1.807, 2.05) is 66.7 Å². The normalized spacial score (nSPS) is 10.8. The van der Waals surface area contributed by atoms with Crippen LogP contribution in [0.25, 0.3) is 0 Å². The molecular weight excluding hydrogens is 534 g/mol. The molecule has 3 aromatic carbocycles. The molecule has 3 rings (SSSR count). The summed E-state index contributed by atoms with van der Waals surface area (Å²) in [5.41, 5.74) is 5.18. The van der Waals surface area contributed by atoms with Crippen LogP contribution in [-0.4, -0.2) is 18.7 Å². The molecule has 0 bridgehead atoms. The number of nitrogens with zero attached hydrogens (tertiary/aromatic N) is 1. The number of halogens is 3. The van der Waals surface area contributed by atoms with Crippen molar-refractivity contribution in [3.8, 4) is 5.75 Å².